The fourth-order valence-electron chi connectivity index (χ4n) is 7.44. The molecule has 0 saturated carbocycles. The Morgan fingerprint density at radius 3 is 2.43 bits per heavy atom. The molecule has 2 unspecified atom stereocenters. The van der Waals surface area contributed by atoms with Gasteiger partial charge in [-0.25, -0.2) is 9.59 Å². The molecule has 1 aromatic rings. The highest BCUT2D eigenvalue weighted by atomic mass is 16.6. The van der Waals surface area contributed by atoms with Gasteiger partial charge in [0.2, 0.25) is 0 Å². The molecule has 5 heterocycles. The third kappa shape index (κ3) is 4.18. The summed E-state index contributed by atoms with van der Waals surface area (Å²) < 4.78 is 16.2. The molecule has 190 valence electrons. The number of fused-ring (bicyclic) bond motifs is 4. The molecular formula is C27H37N3O5. The van der Waals surface area contributed by atoms with Crippen LogP contribution >= 0.6 is 0 Å². The molecule has 6 rings (SSSR count). The van der Waals surface area contributed by atoms with E-state index in [9.17, 15) is 9.59 Å². The van der Waals surface area contributed by atoms with Gasteiger partial charge in [0.1, 0.15) is 6.10 Å². The summed E-state index contributed by atoms with van der Waals surface area (Å²) in [6.45, 7) is 4.62. The Bertz CT molecular complexity index is 942. The number of nitrogens with zero attached hydrogens (tertiary/aromatic N) is 3. The maximum Gasteiger partial charge on any atom is 0.410 e. The van der Waals surface area contributed by atoms with Crippen LogP contribution in [-0.2, 0) is 26.2 Å². The average molecular weight is 484 g/mol. The Morgan fingerprint density at radius 2 is 1.74 bits per heavy atom. The fraction of sp³-hybridized carbons (Fsp3) is 0.704. The summed E-state index contributed by atoms with van der Waals surface area (Å²) in [4.78, 5) is 31.9. The van der Waals surface area contributed by atoms with E-state index in [2.05, 4.69) is 29.2 Å². The minimum Gasteiger partial charge on any atom is -0.453 e. The molecule has 4 saturated heterocycles. The topological polar surface area (TPSA) is 71.6 Å². The van der Waals surface area contributed by atoms with Crippen molar-refractivity contribution in [1.82, 2.24) is 14.7 Å². The molecule has 0 aliphatic carbocycles. The van der Waals surface area contributed by atoms with Crippen LogP contribution in [0.3, 0.4) is 0 Å². The summed E-state index contributed by atoms with van der Waals surface area (Å²) in [6, 6.07) is 9.70. The van der Waals surface area contributed by atoms with Gasteiger partial charge in [-0.1, -0.05) is 24.3 Å². The van der Waals surface area contributed by atoms with Crippen LogP contribution in [0.2, 0.25) is 0 Å². The third-order valence-corrected chi connectivity index (χ3v) is 9.22. The zero-order valence-corrected chi connectivity index (χ0v) is 20.7. The number of piperidine rings is 2. The van der Waals surface area contributed by atoms with E-state index < -0.39 is 0 Å². The van der Waals surface area contributed by atoms with Crippen molar-refractivity contribution in [1.29, 1.82) is 0 Å². The normalized spacial score (nSPS) is 31.9. The maximum atomic E-state index is 12.9. The first kappa shape index (κ1) is 23.1. The van der Waals surface area contributed by atoms with E-state index in [1.807, 2.05) is 9.80 Å². The summed E-state index contributed by atoms with van der Waals surface area (Å²) in [7, 11) is 1.47. The molecule has 0 N–H and O–H groups in total. The first-order chi connectivity index (χ1) is 17.1. The molecule has 2 amide bonds. The lowest BCUT2D eigenvalue weighted by atomic mass is 9.68. The molecule has 8 nitrogen and oxygen atoms in total. The smallest absolute Gasteiger partial charge is 0.410 e. The van der Waals surface area contributed by atoms with E-state index in [0.29, 0.717) is 25.8 Å². The van der Waals surface area contributed by atoms with E-state index in [4.69, 9.17) is 14.2 Å². The number of amides is 2. The highest BCUT2D eigenvalue weighted by Crippen LogP contribution is 2.44. The number of hydrogen-bond donors (Lipinski definition) is 0. The van der Waals surface area contributed by atoms with Crippen molar-refractivity contribution in [2.24, 2.45) is 0 Å². The quantitative estimate of drug-likeness (QED) is 0.641. The third-order valence-electron chi connectivity index (χ3n) is 9.22. The SMILES string of the molecule is COC(=O)N1Cc2ccccc2C2(CCN(C3CC4CCC(C3)N4C(=O)O[C@@H]3CCOC3)CC2)C1. The van der Waals surface area contributed by atoms with Crippen molar-refractivity contribution in [3.05, 3.63) is 35.4 Å². The number of likely N-dealkylation sites (tertiary alicyclic amines) is 1. The van der Waals surface area contributed by atoms with Crippen LogP contribution in [0, 0.1) is 0 Å². The second kappa shape index (κ2) is 9.28. The zero-order valence-electron chi connectivity index (χ0n) is 20.7. The second-order valence-electron chi connectivity index (χ2n) is 11.1. The molecule has 5 aliphatic heterocycles. The average Bonchev–Trinajstić information content (AvgIpc) is 3.49. The van der Waals surface area contributed by atoms with Gasteiger partial charge in [-0.05, 0) is 62.7 Å². The standard InChI is InChI=1S/C27H37N3O5/c1-33-25(31)29-16-19-4-2-3-5-24(19)27(18-29)9-11-28(12-10-27)22-14-20-6-7-21(15-22)30(20)26(32)35-23-8-13-34-17-23/h2-5,20-23H,6-18H2,1H3/t20?,21?,22?,23-/m1/s1. The van der Waals surface area contributed by atoms with Gasteiger partial charge in [-0.15, -0.1) is 0 Å². The Labute approximate surface area is 207 Å². The Hall–Kier alpha value is -2.32. The van der Waals surface area contributed by atoms with Gasteiger partial charge in [0, 0.05) is 43.1 Å². The van der Waals surface area contributed by atoms with Gasteiger partial charge in [0.15, 0.2) is 0 Å². The van der Waals surface area contributed by atoms with Crippen LogP contribution < -0.4 is 0 Å². The molecule has 1 spiro atoms. The number of carbonyl (C=O) groups is 2. The maximum absolute atomic E-state index is 12.9. The molecule has 2 bridgehead atoms. The predicted octanol–water partition coefficient (Wildman–Crippen LogP) is 3.52. The van der Waals surface area contributed by atoms with Crippen LogP contribution in [0.15, 0.2) is 24.3 Å². The number of benzene rings is 1. The van der Waals surface area contributed by atoms with Crippen molar-refractivity contribution in [2.45, 2.75) is 81.1 Å². The van der Waals surface area contributed by atoms with Crippen LogP contribution in [-0.4, -0.2) is 91.1 Å². The van der Waals surface area contributed by atoms with Crippen molar-refractivity contribution >= 4 is 12.2 Å². The van der Waals surface area contributed by atoms with E-state index in [1.165, 1.54) is 18.2 Å². The number of ether oxygens (including phenoxy) is 3. The van der Waals surface area contributed by atoms with E-state index in [-0.39, 0.29) is 35.8 Å². The Balaban J connectivity index is 1.11. The van der Waals surface area contributed by atoms with E-state index in [1.54, 1.807) is 0 Å². The first-order valence-electron chi connectivity index (χ1n) is 13.3. The predicted molar refractivity (Wildman–Crippen MR) is 129 cm³/mol. The number of carbonyl (C=O) groups excluding carboxylic acids is 2. The fourth-order valence-corrected chi connectivity index (χ4v) is 7.44. The molecule has 8 heteroatoms. The van der Waals surface area contributed by atoms with Crippen molar-refractivity contribution < 1.29 is 23.8 Å². The molecule has 0 radical (unpaired) electrons. The summed E-state index contributed by atoms with van der Waals surface area (Å²) >= 11 is 0. The lowest BCUT2D eigenvalue weighted by Crippen LogP contribution is -2.57. The summed E-state index contributed by atoms with van der Waals surface area (Å²) in [5, 5.41) is 0. The van der Waals surface area contributed by atoms with E-state index in [0.717, 1.165) is 64.6 Å². The second-order valence-corrected chi connectivity index (χ2v) is 11.1. The highest BCUT2D eigenvalue weighted by molar-refractivity contribution is 5.69. The first-order valence-corrected chi connectivity index (χ1v) is 13.3. The summed E-state index contributed by atoms with van der Waals surface area (Å²) in [6.07, 6.45) is 6.66. The minimum atomic E-state index is -0.235. The largest absolute Gasteiger partial charge is 0.453 e. The molecule has 0 aromatic heterocycles. The molecule has 1 aromatic carbocycles. The Morgan fingerprint density at radius 1 is 1.00 bits per heavy atom. The monoisotopic (exact) mass is 483 g/mol. The van der Waals surface area contributed by atoms with Crippen LogP contribution in [0.1, 0.15) is 56.1 Å². The van der Waals surface area contributed by atoms with Crippen molar-refractivity contribution in [3.8, 4) is 0 Å². The zero-order chi connectivity index (χ0) is 24.0. The van der Waals surface area contributed by atoms with Gasteiger partial charge < -0.3 is 28.9 Å². The number of methoxy groups -OCH3 is 1. The Kier molecular flexibility index (Phi) is 6.13. The van der Waals surface area contributed by atoms with Gasteiger partial charge in [0.05, 0.1) is 20.3 Å². The van der Waals surface area contributed by atoms with E-state index >= 15 is 0 Å². The molecular weight excluding hydrogens is 446 g/mol. The number of rotatable bonds is 2. The molecule has 5 aliphatic rings. The van der Waals surface area contributed by atoms with Gasteiger partial charge in [-0.3, -0.25) is 0 Å². The van der Waals surface area contributed by atoms with Crippen LogP contribution in [0.5, 0.6) is 0 Å². The molecule has 35 heavy (non-hydrogen) atoms. The summed E-state index contributed by atoms with van der Waals surface area (Å²) in [5.41, 5.74) is 2.65. The highest BCUT2D eigenvalue weighted by Gasteiger charge is 2.49. The molecule has 3 atom stereocenters. The van der Waals surface area contributed by atoms with Gasteiger partial charge in [0.25, 0.3) is 0 Å². The minimum absolute atomic E-state index is 0.00756. The van der Waals surface area contributed by atoms with Gasteiger partial charge >= 0.3 is 12.2 Å². The number of hydrogen-bond acceptors (Lipinski definition) is 6. The van der Waals surface area contributed by atoms with Crippen LogP contribution in [0.4, 0.5) is 9.59 Å². The van der Waals surface area contributed by atoms with Crippen molar-refractivity contribution in [3.63, 3.8) is 0 Å². The lowest BCUT2D eigenvalue weighted by molar-refractivity contribution is 0.00539. The van der Waals surface area contributed by atoms with Crippen LogP contribution in [0.25, 0.3) is 0 Å². The van der Waals surface area contributed by atoms with Gasteiger partial charge in [-0.2, -0.15) is 0 Å². The lowest BCUT2D eigenvalue weighted by Gasteiger charge is -2.51. The molecule has 4 fully saturated rings. The summed E-state index contributed by atoms with van der Waals surface area (Å²) in [5.74, 6) is 0. The van der Waals surface area contributed by atoms with Crippen molar-refractivity contribution in [2.75, 3.05) is 40.0 Å².